The van der Waals surface area contributed by atoms with E-state index in [4.69, 9.17) is 9.47 Å². The Hall–Kier alpha value is -3.91. The molecule has 0 unspecified atom stereocenters. The van der Waals surface area contributed by atoms with E-state index < -0.39 is 21.6 Å². The number of aliphatic carboxylic acids is 1. The molecule has 34 heavy (non-hydrogen) atoms. The van der Waals surface area contributed by atoms with E-state index in [0.717, 1.165) is 0 Å². The number of sulfone groups is 1. The molecule has 0 atom stereocenters. The minimum atomic E-state index is -3.75. The van der Waals surface area contributed by atoms with E-state index in [1.54, 1.807) is 31.2 Å². The Morgan fingerprint density at radius 3 is 2.06 bits per heavy atom. The van der Waals surface area contributed by atoms with Crippen LogP contribution < -0.4 is 9.47 Å². The van der Waals surface area contributed by atoms with Gasteiger partial charge in [0.2, 0.25) is 9.84 Å². The molecule has 0 bridgehead atoms. The fourth-order valence-electron chi connectivity index (χ4n) is 3.67. The van der Waals surface area contributed by atoms with Crippen molar-refractivity contribution in [2.24, 2.45) is 0 Å². The summed E-state index contributed by atoms with van der Waals surface area (Å²) in [5.41, 5.74) is 1.11. The average molecular weight is 481 g/mol. The molecule has 0 aliphatic rings. The number of carbonyl (C=O) groups is 1. The highest BCUT2D eigenvalue weighted by Crippen LogP contribution is 2.37. The topological polar surface area (TPSA) is 89.9 Å². The van der Waals surface area contributed by atoms with Crippen molar-refractivity contribution in [3.8, 4) is 17.2 Å². The number of carboxylic acid groups (broad SMARTS) is 1. The Morgan fingerprint density at radius 1 is 0.912 bits per heavy atom. The van der Waals surface area contributed by atoms with E-state index in [-0.39, 0.29) is 16.2 Å². The molecule has 1 N–H and O–H groups in total. The molecule has 0 amide bonds. The highest BCUT2D eigenvalue weighted by atomic mass is 32.2. The first-order valence-corrected chi connectivity index (χ1v) is 11.8. The van der Waals surface area contributed by atoms with Gasteiger partial charge in [0.25, 0.3) is 0 Å². The van der Waals surface area contributed by atoms with Crippen LogP contribution in [0.4, 0.5) is 4.39 Å². The number of methoxy groups -OCH3 is 1. The average Bonchev–Trinajstić information content (AvgIpc) is 2.82. The first kappa shape index (κ1) is 23.3. The summed E-state index contributed by atoms with van der Waals surface area (Å²) in [6.07, 6.45) is -0.214. The molecule has 4 rings (SSSR count). The van der Waals surface area contributed by atoms with Crippen molar-refractivity contribution in [3.63, 3.8) is 0 Å². The monoisotopic (exact) mass is 480 g/mol. The number of carboxylic acids is 1. The molecule has 0 spiro atoms. The Labute approximate surface area is 196 Å². The summed E-state index contributed by atoms with van der Waals surface area (Å²) < 4.78 is 50.9. The second-order valence-electron chi connectivity index (χ2n) is 7.68. The maximum atomic E-state index is 14.0. The number of hydrogen-bond acceptors (Lipinski definition) is 5. The summed E-state index contributed by atoms with van der Waals surface area (Å²) in [4.78, 5) is 11.5. The van der Waals surface area contributed by atoms with Crippen LogP contribution in [0.3, 0.4) is 0 Å². The highest BCUT2D eigenvalue weighted by molar-refractivity contribution is 7.91. The van der Waals surface area contributed by atoms with Crippen LogP contribution in [0, 0.1) is 12.7 Å². The molecular weight excluding hydrogens is 459 g/mol. The van der Waals surface area contributed by atoms with Gasteiger partial charge in [-0.15, -0.1) is 0 Å². The van der Waals surface area contributed by atoms with E-state index in [1.807, 2.05) is 0 Å². The molecule has 4 aromatic carbocycles. The van der Waals surface area contributed by atoms with Crippen LogP contribution >= 0.6 is 0 Å². The fraction of sp³-hybridized carbons (Fsp3) is 0.115. The lowest BCUT2D eigenvalue weighted by atomic mass is 9.98. The van der Waals surface area contributed by atoms with Crippen LogP contribution in [0.2, 0.25) is 0 Å². The number of hydrogen-bond donors (Lipinski definition) is 1. The zero-order valence-electron chi connectivity index (χ0n) is 18.4. The molecule has 0 radical (unpaired) electrons. The van der Waals surface area contributed by atoms with Gasteiger partial charge in [0.05, 0.1) is 23.3 Å². The molecule has 0 aromatic heterocycles. The van der Waals surface area contributed by atoms with Crippen LogP contribution in [0.25, 0.3) is 10.8 Å². The quantitative estimate of drug-likeness (QED) is 0.373. The van der Waals surface area contributed by atoms with Gasteiger partial charge in [0.1, 0.15) is 23.1 Å². The SMILES string of the molecule is COc1ccc(S(=O)(=O)c2ccc(Oc3c(C)c(CC(=O)O)cc4ccc(F)cc34)cc2)cc1. The molecule has 174 valence electrons. The van der Waals surface area contributed by atoms with Crippen molar-refractivity contribution >= 4 is 26.6 Å². The standard InChI is InChI=1S/C26H21FO6S/c1-16-18(14-25(28)29)13-17-3-4-19(27)15-24(17)26(16)33-21-7-11-23(12-8-21)34(30,31)22-9-5-20(32-2)6-10-22/h3-13,15H,14H2,1-2H3,(H,28,29). The molecule has 8 heteroatoms. The second kappa shape index (κ2) is 9.15. The minimum Gasteiger partial charge on any atom is -0.497 e. The predicted octanol–water partition coefficient (Wildman–Crippen LogP) is 5.55. The summed E-state index contributed by atoms with van der Waals surface area (Å²) in [6, 6.07) is 17.8. The molecule has 0 saturated carbocycles. The largest absolute Gasteiger partial charge is 0.497 e. The van der Waals surface area contributed by atoms with Gasteiger partial charge in [0, 0.05) is 5.39 Å². The second-order valence-corrected chi connectivity index (χ2v) is 9.63. The molecule has 0 saturated heterocycles. The van der Waals surface area contributed by atoms with Crippen molar-refractivity contribution in [2.75, 3.05) is 7.11 Å². The molecule has 6 nitrogen and oxygen atoms in total. The minimum absolute atomic E-state index is 0.0808. The van der Waals surface area contributed by atoms with Gasteiger partial charge in [0.15, 0.2) is 0 Å². The van der Waals surface area contributed by atoms with Gasteiger partial charge < -0.3 is 14.6 Å². The lowest BCUT2D eigenvalue weighted by molar-refractivity contribution is -0.136. The smallest absolute Gasteiger partial charge is 0.307 e. The summed E-state index contributed by atoms with van der Waals surface area (Å²) in [5.74, 6) is -0.257. The van der Waals surface area contributed by atoms with Gasteiger partial charge >= 0.3 is 5.97 Å². The Morgan fingerprint density at radius 2 is 1.50 bits per heavy atom. The predicted molar refractivity (Wildman–Crippen MR) is 125 cm³/mol. The number of halogens is 1. The number of fused-ring (bicyclic) bond motifs is 1. The Kier molecular flexibility index (Phi) is 6.26. The summed E-state index contributed by atoms with van der Waals surface area (Å²) in [6.45, 7) is 1.71. The number of ether oxygens (including phenoxy) is 2. The molecule has 0 aliphatic heterocycles. The maximum absolute atomic E-state index is 14.0. The molecule has 4 aromatic rings. The van der Waals surface area contributed by atoms with Crippen LogP contribution in [0.15, 0.2) is 82.6 Å². The maximum Gasteiger partial charge on any atom is 0.307 e. The van der Waals surface area contributed by atoms with Gasteiger partial charge in [-0.2, -0.15) is 0 Å². The van der Waals surface area contributed by atoms with Crippen molar-refractivity contribution < 1.29 is 32.2 Å². The first-order chi connectivity index (χ1) is 16.2. The third-order valence-electron chi connectivity index (χ3n) is 5.48. The molecule has 0 heterocycles. The lowest BCUT2D eigenvalue weighted by Gasteiger charge is -2.16. The van der Waals surface area contributed by atoms with E-state index in [9.17, 15) is 22.7 Å². The van der Waals surface area contributed by atoms with Crippen molar-refractivity contribution in [1.29, 1.82) is 0 Å². The van der Waals surface area contributed by atoms with Gasteiger partial charge in [-0.05, 0) is 84.1 Å². The number of rotatable bonds is 7. The van der Waals surface area contributed by atoms with Crippen molar-refractivity contribution in [1.82, 2.24) is 0 Å². The van der Waals surface area contributed by atoms with Crippen molar-refractivity contribution in [2.45, 2.75) is 23.1 Å². The lowest BCUT2D eigenvalue weighted by Crippen LogP contribution is -2.04. The number of benzene rings is 4. The summed E-state index contributed by atoms with van der Waals surface area (Å²) in [5, 5.41) is 10.4. The van der Waals surface area contributed by atoms with Gasteiger partial charge in [-0.1, -0.05) is 12.1 Å². The zero-order chi connectivity index (χ0) is 24.5. The van der Waals surface area contributed by atoms with E-state index in [2.05, 4.69) is 0 Å². The van der Waals surface area contributed by atoms with E-state index in [1.165, 1.54) is 55.6 Å². The summed E-state index contributed by atoms with van der Waals surface area (Å²) >= 11 is 0. The highest BCUT2D eigenvalue weighted by Gasteiger charge is 2.19. The van der Waals surface area contributed by atoms with Crippen LogP contribution in [-0.2, 0) is 21.1 Å². The Bertz CT molecular complexity index is 1480. The summed E-state index contributed by atoms with van der Waals surface area (Å²) in [7, 11) is -2.25. The molecule has 0 aliphatic carbocycles. The normalized spacial score (nSPS) is 11.4. The van der Waals surface area contributed by atoms with E-state index in [0.29, 0.717) is 39.1 Å². The fourth-order valence-corrected chi connectivity index (χ4v) is 4.93. The Balaban J connectivity index is 1.70. The third-order valence-corrected chi connectivity index (χ3v) is 7.26. The zero-order valence-corrected chi connectivity index (χ0v) is 19.2. The van der Waals surface area contributed by atoms with Crippen molar-refractivity contribution in [3.05, 3.63) is 89.7 Å². The molecule has 0 fully saturated rings. The van der Waals surface area contributed by atoms with E-state index >= 15 is 0 Å². The van der Waals surface area contributed by atoms with Crippen LogP contribution in [-0.4, -0.2) is 26.6 Å². The first-order valence-electron chi connectivity index (χ1n) is 10.3. The van der Waals surface area contributed by atoms with Gasteiger partial charge in [-0.3, -0.25) is 4.79 Å². The van der Waals surface area contributed by atoms with Crippen LogP contribution in [0.1, 0.15) is 11.1 Å². The van der Waals surface area contributed by atoms with Gasteiger partial charge in [-0.25, -0.2) is 12.8 Å². The molecular formula is C26H21FO6S. The third kappa shape index (κ3) is 4.58. The van der Waals surface area contributed by atoms with Crippen LogP contribution in [0.5, 0.6) is 17.2 Å².